The number of nitrogens with one attached hydrogen (secondary N) is 2. The van der Waals surface area contributed by atoms with Crippen LogP contribution in [0.25, 0.3) is 0 Å². The van der Waals surface area contributed by atoms with Crippen LogP contribution < -0.4 is 10.6 Å². The van der Waals surface area contributed by atoms with Crippen LogP contribution >= 0.6 is 12.4 Å². The predicted molar refractivity (Wildman–Crippen MR) is 80.6 cm³/mol. The molecule has 0 saturated heterocycles. The highest BCUT2D eigenvalue weighted by molar-refractivity contribution is 5.99. The number of hydrogen-bond donors (Lipinski definition) is 2. The molecule has 6 nitrogen and oxygen atoms in total. The molecule has 0 aromatic heterocycles. The molecule has 0 atom stereocenters. The highest BCUT2D eigenvalue weighted by Gasteiger charge is 2.21. The average molecular weight is 302 g/mol. The summed E-state index contributed by atoms with van der Waals surface area (Å²) in [7, 11) is 0. The molecular formula is C13H20ClN3O3. The van der Waals surface area contributed by atoms with Gasteiger partial charge in [-0.2, -0.15) is 0 Å². The summed E-state index contributed by atoms with van der Waals surface area (Å²) in [5.74, 6) is -0.400. The number of carbonyl (C=O) groups excluding carboxylic acids is 1. The van der Waals surface area contributed by atoms with Gasteiger partial charge in [-0.15, -0.1) is 12.4 Å². The summed E-state index contributed by atoms with van der Waals surface area (Å²) in [6.07, 6.45) is 1.03. The third-order valence-electron chi connectivity index (χ3n) is 2.69. The Morgan fingerprint density at radius 2 is 2.00 bits per heavy atom. The summed E-state index contributed by atoms with van der Waals surface area (Å²) in [5.41, 5.74) is 0.593. The van der Waals surface area contributed by atoms with Crippen LogP contribution in [0.5, 0.6) is 0 Å². The molecule has 7 heteroatoms. The molecule has 0 aliphatic carbocycles. The van der Waals surface area contributed by atoms with Gasteiger partial charge in [-0.3, -0.25) is 14.9 Å². The van der Waals surface area contributed by atoms with Crippen LogP contribution in [-0.2, 0) is 0 Å². The molecule has 112 valence electrons. The number of halogens is 1. The number of amides is 1. The molecule has 0 aliphatic heterocycles. The van der Waals surface area contributed by atoms with Crippen LogP contribution in [0.3, 0.4) is 0 Å². The highest BCUT2D eigenvalue weighted by Crippen LogP contribution is 2.21. The summed E-state index contributed by atoms with van der Waals surface area (Å²) in [5, 5.41) is 16.7. The first-order valence-corrected chi connectivity index (χ1v) is 6.30. The van der Waals surface area contributed by atoms with Crippen LogP contribution in [0.15, 0.2) is 18.2 Å². The van der Waals surface area contributed by atoms with Crippen molar-refractivity contribution in [2.45, 2.75) is 20.3 Å². The second-order valence-electron chi connectivity index (χ2n) is 4.23. The van der Waals surface area contributed by atoms with E-state index in [0.717, 1.165) is 13.0 Å². The Hall–Kier alpha value is -1.66. The summed E-state index contributed by atoms with van der Waals surface area (Å²) in [6.45, 7) is 5.74. The number of carbonyl (C=O) groups is 1. The topological polar surface area (TPSA) is 84.3 Å². The smallest absolute Gasteiger partial charge is 0.282 e. The SMILES string of the molecule is CCCNCCNC(=O)c1c(C)cccc1[N+](=O)[O-].Cl. The first kappa shape index (κ1) is 18.3. The molecule has 0 bridgehead atoms. The number of nitrogens with zero attached hydrogens (tertiary/aromatic N) is 1. The zero-order valence-corrected chi connectivity index (χ0v) is 12.5. The zero-order chi connectivity index (χ0) is 14.3. The van der Waals surface area contributed by atoms with Gasteiger partial charge in [0.05, 0.1) is 4.92 Å². The van der Waals surface area contributed by atoms with Crippen LogP contribution in [0.1, 0.15) is 29.3 Å². The summed E-state index contributed by atoms with van der Waals surface area (Å²) in [4.78, 5) is 22.4. The molecule has 0 aliphatic rings. The van der Waals surface area contributed by atoms with E-state index in [9.17, 15) is 14.9 Å². The Bertz CT molecular complexity index is 466. The van der Waals surface area contributed by atoms with E-state index < -0.39 is 10.8 Å². The monoisotopic (exact) mass is 301 g/mol. The van der Waals surface area contributed by atoms with Crippen molar-refractivity contribution in [2.75, 3.05) is 19.6 Å². The fourth-order valence-corrected chi connectivity index (χ4v) is 1.75. The van der Waals surface area contributed by atoms with Crippen molar-refractivity contribution in [2.24, 2.45) is 0 Å². The first-order valence-electron chi connectivity index (χ1n) is 6.30. The van der Waals surface area contributed by atoms with Gasteiger partial charge in [-0.25, -0.2) is 0 Å². The molecule has 0 fully saturated rings. The maximum atomic E-state index is 12.0. The summed E-state index contributed by atoms with van der Waals surface area (Å²) >= 11 is 0. The van der Waals surface area contributed by atoms with Crippen molar-refractivity contribution < 1.29 is 9.72 Å². The lowest BCUT2D eigenvalue weighted by molar-refractivity contribution is -0.385. The summed E-state index contributed by atoms with van der Waals surface area (Å²) in [6, 6.07) is 4.61. The molecule has 1 rings (SSSR count). The van der Waals surface area contributed by atoms with E-state index in [1.165, 1.54) is 6.07 Å². The van der Waals surface area contributed by atoms with E-state index in [-0.39, 0.29) is 23.7 Å². The van der Waals surface area contributed by atoms with E-state index in [0.29, 0.717) is 18.7 Å². The summed E-state index contributed by atoms with van der Waals surface area (Å²) < 4.78 is 0. The second-order valence-corrected chi connectivity index (χ2v) is 4.23. The lowest BCUT2D eigenvalue weighted by Gasteiger charge is -2.08. The van der Waals surface area contributed by atoms with Crippen molar-refractivity contribution in [3.05, 3.63) is 39.4 Å². The fraction of sp³-hybridized carbons (Fsp3) is 0.462. The standard InChI is InChI=1S/C13H19N3O3.ClH/c1-3-7-14-8-9-15-13(17)12-10(2)5-4-6-11(12)16(18)19;/h4-6,14H,3,7-9H2,1-2H3,(H,15,17);1H. The van der Waals surface area contributed by atoms with Gasteiger partial charge in [-0.05, 0) is 25.5 Å². The fourth-order valence-electron chi connectivity index (χ4n) is 1.75. The van der Waals surface area contributed by atoms with Crippen molar-refractivity contribution in [3.63, 3.8) is 0 Å². The van der Waals surface area contributed by atoms with Gasteiger partial charge in [-0.1, -0.05) is 19.1 Å². The largest absolute Gasteiger partial charge is 0.351 e. The molecule has 20 heavy (non-hydrogen) atoms. The van der Waals surface area contributed by atoms with Gasteiger partial charge in [0, 0.05) is 19.2 Å². The van der Waals surface area contributed by atoms with Gasteiger partial charge in [0.25, 0.3) is 11.6 Å². The molecular weight excluding hydrogens is 282 g/mol. The Morgan fingerprint density at radius 1 is 1.30 bits per heavy atom. The molecule has 1 aromatic carbocycles. The molecule has 2 N–H and O–H groups in total. The molecule has 0 unspecified atom stereocenters. The zero-order valence-electron chi connectivity index (χ0n) is 11.6. The normalized spacial score (nSPS) is 9.70. The molecule has 0 heterocycles. The average Bonchev–Trinajstić information content (AvgIpc) is 2.37. The van der Waals surface area contributed by atoms with E-state index in [2.05, 4.69) is 17.6 Å². The number of nitro groups is 1. The highest BCUT2D eigenvalue weighted by atomic mass is 35.5. The second kappa shape index (κ2) is 9.28. The molecule has 1 amide bonds. The van der Waals surface area contributed by atoms with Gasteiger partial charge in [0.2, 0.25) is 0 Å². The van der Waals surface area contributed by atoms with Gasteiger partial charge < -0.3 is 10.6 Å². The molecule has 0 radical (unpaired) electrons. The third kappa shape index (κ3) is 5.14. The maximum Gasteiger partial charge on any atom is 0.282 e. The first-order chi connectivity index (χ1) is 9.07. The number of rotatable bonds is 7. The predicted octanol–water partition coefficient (Wildman–Crippen LogP) is 2.05. The Balaban J connectivity index is 0.00000361. The Morgan fingerprint density at radius 3 is 2.60 bits per heavy atom. The minimum atomic E-state index is -0.531. The van der Waals surface area contributed by atoms with E-state index in [4.69, 9.17) is 0 Å². The van der Waals surface area contributed by atoms with Crippen molar-refractivity contribution in [1.82, 2.24) is 10.6 Å². The Labute approximate surface area is 124 Å². The molecule has 0 spiro atoms. The lowest BCUT2D eigenvalue weighted by atomic mass is 10.1. The van der Waals surface area contributed by atoms with Crippen LogP contribution in [0.2, 0.25) is 0 Å². The van der Waals surface area contributed by atoms with Crippen LogP contribution in [-0.4, -0.2) is 30.5 Å². The molecule has 1 aromatic rings. The number of benzene rings is 1. The van der Waals surface area contributed by atoms with E-state index >= 15 is 0 Å². The van der Waals surface area contributed by atoms with Crippen molar-refractivity contribution in [3.8, 4) is 0 Å². The van der Waals surface area contributed by atoms with Crippen molar-refractivity contribution >= 4 is 24.0 Å². The minimum absolute atomic E-state index is 0. The van der Waals surface area contributed by atoms with Gasteiger partial charge in [0.1, 0.15) is 5.56 Å². The quantitative estimate of drug-likeness (QED) is 0.458. The Kier molecular flexibility index (Phi) is 8.51. The number of nitro benzene ring substituents is 1. The van der Waals surface area contributed by atoms with Gasteiger partial charge >= 0.3 is 0 Å². The third-order valence-corrected chi connectivity index (χ3v) is 2.69. The minimum Gasteiger partial charge on any atom is -0.351 e. The van der Waals surface area contributed by atoms with Gasteiger partial charge in [0.15, 0.2) is 0 Å². The number of aryl methyl sites for hydroxylation is 1. The van der Waals surface area contributed by atoms with Crippen molar-refractivity contribution in [1.29, 1.82) is 0 Å². The lowest BCUT2D eigenvalue weighted by Crippen LogP contribution is -2.32. The number of hydrogen-bond acceptors (Lipinski definition) is 4. The van der Waals surface area contributed by atoms with E-state index in [1.807, 2.05) is 0 Å². The van der Waals surface area contributed by atoms with E-state index in [1.54, 1.807) is 19.1 Å². The molecule has 0 saturated carbocycles. The maximum absolute atomic E-state index is 12.0. The van der Waals surface area contributed by atoms with Crippen LogP contribution in [0, 0.1) is 17.0 Å². The van der Waals surface area contributed by atoms with Crippen LogP contribution in [0.4, 0.5) is 5.69 Å².